The van der Waals surface area contributed by atoms with Crippen LogP contribution >= 0.6 is 0 Å². The van der Waals surface area contributed by atoms with Gasteiger partial charge in [-0.2, -0.15) is 0 Å². The Kier molecular flexibility index (Phi) is 5.19. The number of nitrogens with one attached hydrogen (secondary N) is 3. The second kappa shape index (κ2) is 7.53. The zero-order valence-corrected chi connectivity index (χ0v) is 14.3. The van der Waals surface area contributed by atoms with Gasteiger partial charge in [0, 0.05) is 17.8 Å². The molecule has 2 aromatic rings. The molecule has 0 radical (unpaired) electrons. The minimum absolute atomic E-state index is 0.131. The molecule has 0 aliphatic carbocycles. The monoisotopic (exact) mass is 341 g/mol. The SMILES string of the molecule is CC1(CNC(=O)c2cccc(NC(=O)c3ccco3)c2)CCNCC1. The van der Waals surface area contributed by atoms with E-state index >= 15 is 0 Å². The van der Waals surface area contributed by atoms with E-state index < -0.39 is 0 Å². The second-order valence-corrected chi connectivity index (χ2v) is 6.76. The molecule has 3 N–H and O–H groups in total. The lowest BCUT2D eigenvalue weighted by Gasteiger charge is -2.34. The predicted octanol–water partition coefficient (Wildman–Crippen LogP) is 2.65. The zero-order chi connectivity index (χ0) is 17.7. The third kappa shape index (κ3) is 4.48. The average Bonchev–Trinajstić information content (AvgIpc) is 3.15. The molecular weight excluding hydrogens is 318 g/mol. The van der Waals surface area contributed by atoms with Crippen LogP contribution in [0.3, 0.4) is 0 Å². The van der Waals surface area contributed by atoms with E-state index in [1.54, 1.807) is 36.4 Å². The molecule has 1 aliphatic rings. The van der Waals surface area contributed by atoms with Gasteiger partial charge in [0.1, 0.15) is 0 Å². The van der Waals surface area contributed by atoms with Crippen molar-refractivity contribution < 1.29 is 14.0 Å². The van der Waals surface area contributed by atoms with Gasteiger partial charge in [-0.3, -0.25) is 9.59 Å². The fraction of sp³-hybridized carbons (Fsp3) is 0.368. The summed E-state index contributed by atoms with van der Waals surface area (Å²) in [5.74, 6) is -0.243. The number of rotatable bonds is 5. The normalized spacial score (nSPS) is 16.2. The van der Waals surface area contributed by atoms with Gasteiger partial charge >= 0.3 is 0 Å². The van der Waals surface area contributed by atoms with Crippen molar-refractivity contribution in [2.45, 2.75) is 19.8 Å². The lowest BCUT2D eigenvalue weighted by atomic mass is 9.81. The van der Waals surface area contributed by atoms with Gasteiger partial charge in [-0.1, -0.05) is 13.0 Å². The van der Waals surface area contributed by atoms with Crippen LogP contribution in [0.4, 0.5) is 5.69 Å². The summed E-state index contributed by atoms with van der Waals surface area (Å²) >= 11 is 0. The number of amides is 2. The van der Waals surface area contributed by atoms with Gasteiger partial charge in [-0.25, -0.2) is 0 Å². The molecule has 2 amide bonds. The summed E-state index contributed by atoms with van der Waals surface area (Å²) < 4.78 is 5.07. The molecule has 0 bridgehead atoms. The fourth-order valence-electron chi connectivity index (χ4n) is 2.94. The molecule has 1 aromatic carbocycles. The third-order valence-electron chi connectivity index (χ3n) is 4.61. The summed E-state index contributed by atoms with van der Waals surface area (Å²) in [6.07, 6.45) is 3.54. The van der Waals surface area contributed by atoms with Crippen LogP contribution in [0.15, 0.2) is 47.1 Å². The van der Waals surface area contributed by atoms with Crippen LogP contribution in [0, 0.1) is 5.41 Å². The van der Waals surface area contributed by atoms with Crippen molar-refractivity contribution in [1.82, 2.24) is 10.6 Å². The van der Waals surface area contributed by atoms with Gasteiger partial charge < -0.3 is 20.4 Å². The highest BCUT2D eigenvalue weighted by Gasteiger charge is 2.27. The molecule has 2 heterocycles. The van der Waals surface area contributed by atoms with E-state index in [0.717, 1.165) is 25.9 Å². The molecular formula is C19H23N3O3. The molecule has 1 saturated heterocycles. The molecule has 6 nitrogen and oxygen atoms in total. The lowest BCUT2D eigenvalue weighted by Crippen LogP contribution is -2.42. The van der Waals surface area contributed by atoms with E-state index in [0.29, 0.717) is 17.8 Å². The van der Waals surface area contributed by atoms with Crippen molar-refractivity contribution in [3.05, 3.63) is 54.0 Å². The summed E-state index contributed by atoms with van der Waals surface area (Å²) in [6.45, 7) is 4.83. The predicted molar refractivity (Wildman–Crippen MR) is 95.6 cm³/mol. The molecule has 1 fully saturated rings. The number of hydrogen-bond donors (Lipinski definition) is 3. The minimum Gasteiger partial charge on any atom is -0.459 e. The van der Waals surface area contributed by atoms with Gasteiger partial charge in [-0.15, -0.1) is 0 Å². The molecule has 132 valence electrons. The van der Waals surface area contributed by atoms with Crippen molar-refractivity contribution in [1.29, 1.82) is 0 Å². The molecule has 0 saturated carbocycles. The van der Waals surface area contributed by atoms with Crippen molar-refractivity contribution in [2.75, 3.05) is 25.0 Å². The number of benzene rings is 1. The summed E-state index contributed by atoms with van der Waals surface area (Å²) in [6, 6.07) is 10.1. The Labute approximate surface area is 147 Å². The van der Waals surface area contributed by atoms with Crippen LogP contribution in [-0.2, 0) is 0 Å². The smallest absolute Gasteiger partial charge is 0.291 e. The van der Waals surface area contributed by atoms with Crippen molar-refractivity contribution in [3.63, 3.8) is 0 Å². The van der Waals surface area contributed by atoms with Crippen LogP contribution in [0.2, 0.25) is 0 Å². The van der Waals surface area contributed by atoms with E-state index in [4.69, 9.17) is 4.42 Å². The number of furan rings is 1. The van der Waals surface area contributed by atoms with E-state index in [1.165, 1.54) is 6.26 Å². The lowest BCUT2D eigenvalue weighted by molar-refractivity contribution is 0.0921. The summed E-state index contributed by atoms with van der Waals surface area (Å²) in [5.41, 5.74) is 1.21. The van der Waals surface area contributed by atoms with E-state index in [1.807, 2.05) is 0 Å². The highest BCUT2D eigenvalue weighted by atomic mass is 16.3. The molecule has 6 heteroatoms. The average molecular weight is 341 g/mol. The highest BCUT2D eigenvalue weighted by Crippen LogP contribution is 2.26. The maximum atomic E-state index is 12.4. The first-order valence-corrected chi connectivity index (χ1v) is 8.50. The van der Waals surface area contributed by atoms with Gasteiger partial charge in [-0.05, 0) is 61.7 Å². The molecule has 1 aromatic heterocycles. The van der Waals surface area contributed by atoms with Crippen LogP contribution in [0.25, 0.3) is 0 Å². The first-order chi connectivity index (χ1) is 12.1. The molecule has 25 heavy (non-hydrogen) atoms. The first kappa shape index (κ1) is 17.2. The number of carbonyl (C=O) groups excluding carboxylic acids is 2. The second-order valence-electron chi connectivity index (χ2n) is 6.76. The molecule has 0 atom stereocenters. The van der Waals surface area contributed by atoms with Crippen molar-refractivity contribution in [3.8, 4) is 0 Å². The van der Waals surface area contributed by atoms with E-state index in [-0.39, 0.29) is 23.0 Å². The number of piperidine rings is 1. The van der Waals surface area contributed by atoms with Gasteiger partial charge in [0.15, 0.2) is 5.76 Å². The van der Waals surface area contributed by atoms with Gasteiger partial charge in [0.05, 0.1) is 6.26 Å². The van der Waals surface area contributed by atoms with E-state index in [9.17, 15) is 9.59 Å². The molecule has 0 unspecified atom stereocenters. The number of hydrogen-bond acceptors (Lipinski definition) is 4. The third-order valence-corrected chi connectivity index (χ3v) is 4.61. The molecule has 1 aliphatic heterocycles. The van der Waals surface area contributed by atoms with Crippen LogP contribution < -0.4 is 16.0 Å². The van der Waals surface area contributed by atoms with Gasteiger partial charge in [0.2, 0.25) is 0 Å². The van der Waals surface area contributed by atoms with Crippen molar-refractivity contribution >= 4 is 17.5 Å². The van der Waals surface area contributed by atoms with Gasteiger partial charge in [0.25, 0.3) is 11.8 Å². The Balaban J connectivity index is 1.60. The zero-order valence-electron chi connectivity index (χ0n) is 14.3. The Morgan fingerprint density at radius 3 is 2.68 bits per heavy atom. The Morgan fingerprint density at radius 1 is 1.16 bits per heavy atom. The summed E-state index contributed by atoms with van der Waals surface area (Å²) in [7, 11) is 0. The van der Waals surface area contributed by atoms with E-state index in [2.05, 4.69) is 22.9 Å². The quantitative estimate of drug-likeness (QED) is 0.781. The summed E-state index contributed by atoms with van der Waals surface area (Å²) in [5, 5.41) is 9.09. The Bertz CT molecular complexity index is 734. The van der Waals surface area contributed by atoms with Crippen molar-refractivity contribution in [2.24, 2.45) is 5.41 Å². The van der Waals surface area contributed by atoms with Crippen LogP contribution in [-0.4, -0.2) is 31.4 Å². The fourth-order valence-corrected chi connectivity index (χ4v) is 2.94. The first-order valence-electron chi connectivity index (χ1n) is 8.50. The molecule has 3 rings (SSSR count). The maximum Gasteiger partial charge on any atom is 0.291 e. The Hall–Kier alpha value is -2.60. The minimum atomic E-state index is -0.343. The Morgan fingerprint density at radius 2 is 1.96 bits per heavy atom. The number of anilines is 1. The van der Waals surface area contributed by atoms with Crippen LogP contribution in [0.1, 0.15) is 40.7 Å². The maximum absolute atomic E-state index is 12.4. The largest absolute Gasteiger partial charge is 0.459 e. The highest BCUT2D eigenvalue weighted by molar-refractivity contribution is 6.03. The standard InChI is InChI=1S/C19H23N3O3/c1-19(7-9-20-10-8-19)13-21-17(23)14-4-2-5-15(12-14)22-18(24)16-6-3-11-25-16/h2-6,11-12,20H,7-10,13H2,1H3,(H,21,23)(H,22,24). The number of carbonyl (C=O) groups is 2. The topological polar surface area (TPSA) is 83.4 Å². The summed E-state index contributed by atoms with van der Waals surface area (Å²) in [4.78, 5) is 24.5. The van der Waals surface area contributed by atoms with Crippen LogP contribution in [0.5, 0.6) is 0 Å². The molecule has 0 spiro atoms.